The van der Waals surface area contributed by atoms with Crippen LogP contribution in [0.3, 0.4) is 0 Å². The molecule has 2 aromatic heterocycles. The van der Waals surface area contributed by atoms with Gasteiger partial charge in [-0.05, 0) is 35.0 Å². The molecule has 0 spiro atoms. The lowest BCUT2D eigenvalue weighted by Crippen LogP contribution is -2.28. The Bertz CT molecular complexity index is 954. The van der Waals surface area contributed by atoms with Gasteiger partial charge in [0.2, 0.25) is 0 Å². The highest BCUT2D eigenvalue weighted by atomic mass is 19.4. The topological polar surface area (TPSA) is 103 Å². The largest absolute Gasteiger partial charge is 0.471 e. The summed E-state index contributed by atoms with van der Waals surface area (Å²) in [5.74, 6) is -2.07. The molecule has 12 heteroatoms. The molecule has 1 aliphatic rings. The Balaban J connectivity index is 1.48. The number of halogens is 3. The molecule has 1 atom stereocenters. The summed E-state index contributed by atoms with van der Waals surface area (Å²) in [5, 5.41) is 14.3. The molecule has 9 nitrogen and oxygen atoms in total. The Hall–Kier alpha value is -3.31. The third-order valence-corrected chi connectivity index (χ3v) is 4.23. The molecular formula is C15H12F3N7O2. The molecule has 3 aromatic rings. The average Bonchev–Trinajstić information content (AvgIpc) is 3.41. The second kappa shape index (κ2) is 6.45. The lowest BCUT2D eigenvalue weighted by Gasteiger charge is -2.16. The molecule has 1 aliphatic heterocycles. The van der Waals surface area contributed by atoms with Gasteiger partial charge in [0, 0.05) is 24.6 Å². The van der Waals surface area contributed by atoms with E-state index in [0.29, 0.717) is 24.2 Å². The molecule has 3 heterocycles. The average molecular weight is 379 g/mol. The SMILES string of the molecule is O=C(c1cccc(-n2cnnn2)c1)N1CC[C@H](c2noc(C(F)(F)F)n2)C1. The summed E-state index contributed by atoms with van der Waals surface area (Å²) in [6.07, 6.45) is -2.82. The highest BCUT2D eigenvalue weighted by Crippen LogP contribution is 2.31. The van der Waals surface area contributed by atoms with Gasteiger partial charge in [-0.2, -0.15) is 18.2 Å². The van der Waals surface area contributed by atoms with E-state index in [9.17, 15) is 18.0 Å². The minimum Gasteiger partial charge on any atom is -0.338 e. The Morgan fingerprint density at radius 2 is 2.15 bits per heavy atom. The molecule has 1 fully saturated rings. The molecule has 4 rings (SSSR count). The van der Waals surface area contributed by atoms with Crippen molar-refractivity contribution in [2.24, 2.45) is 0 Å². The number of tetrazole rings is 1. The van der Waals surface area contributed by atoms with Gasteiger partial charge in [0.05, 0.1) is 5.69 Å². The summed E-state index contributed by atoms with van der Waals surface area (Å²) in [5.41, 5.74) is 1.04. The molecule has 0 radical (unpaired) electrons. The van der Waals surface area contributed by atoms with Crippen molar-refractivity contribution in [1.29, 1.82) is 0 Å². The van der Waals surface area contributed by atoms with Crippen LogP contribution in [-0.4, -0.2) is 54.2 Å². The van der Waals surface area contributed by atoms with Gasteiger partial charge in [0.15, 0.2) is 5.82 Å². The maximum absolute atomic E-state index is 12.7. The van der Waals surface area contributed by atoms with Gasteiger partial charge < -0.3 is 9.42 Å². The van der Waals surface area contributed by atoms with E-state index in [1.54, 1.807) is 29.2 Å². The molecular weight excluding hydrogens is 367 g/mol. The molecule has 0 bridgehead atoms. The van der Waals surface area contributed by atoms with Crippen molar-refractivity contribution in [1.82, 2.24) is 35.2 Å². The summed E-state index contributed by atoms with van der Waals surface area (Å²) in [6, 6.07) is 6.74. The van der Waals surface area contributed by atoms with Crippen molar-refractivity contribution in [3.63, 3.8) is 0 Å². The standard InChI is InChI=1S/C15H12F3N7O2/c16-15(17,18)14-20-12(21-27-14)10-4-5-24(7-10)13(26)9-2-1-3-11(6-9)25-8-19-22-23-25/h1-3,6,8,10H,4-5,7H2/t10-/m0/s1. The molecule has 140 valence electrons. The van der Waals surface area contributed by atoms with Crippen LogP contribution >= 0.6 is 0 Å². The lowest BCUT2D eigenvalue weighted by molar-refractivity contribution is -0.159. The number of aromatic nitrogens is 6. The second-order valence-electron chi connectivity index (χ2n) is 6.00. The van der Waals surface area contributed by atoms with Crippen LogP contribution in [0.5, 0.6) is 0 Å². The Kier molecular flexibility index (Phi) is 4.09. The van der Waals surface area contributed by atoms with Crippen molar-refractivity contribution >= 4 is 5.91 Å². The zero-order valence-corrected chi connectivity index (χ0v) is 13.7. The molecule has 0 N–H and O–H groups in total. The summed E-state index contributed by atoms with van der Waals surface area (Å²) in [7, 11) is 0. The summed E-state index contributed by atoms with van der Waals surface area (Å²) < 4.78 is 43.5. The number of alkyl halides is 3. The Morgan fingerprint density at radius 1 is 1.30 bits per heavy atom. The van der Waals surface area contributed by atoms with Crippen LogP contribution in [0.1, 0.15) is 34.4 Å². The van der Waals surface area contributed by atoms with E-state index < -0.39 is 18.0 Å². The van der Waals surface area contributed by atoms with Gasteiger partial charge >= 0.3 is 12.1 Å². The Morgan fingerprint density at radius 3 is 2.85 bits per heavy atom. The first-order valence-corrected chi connectivity index (χ1v) is 7.95. The maximum Gasteiger partial charge on any atom is 0.471 e. The molecule has 1 saturated heterocycles. The van der Waals surface area contributed by atoms with E-state index in [1.165, 1.54) is 11.0 Å². The third kappa shape index (κ3) is 3.37. The number of amides is 1. The number of carbonyl (C=O) groups is 1. The number of rotatable bonds is 3. The van der Waals surface area contributed by atoms with Crippen molar-refractivity contribution in [2.75, 3.05) is 13.1 Å². The monoisotopic (exact) mass is 379 g/mol. The lowest BCUT2D eigenvalue weighted by atomic mass is 10.1. The number of benzene rings is 1. The van der Waals surface area contributed by atoms with E-state index in [2.05, 4.69) is 30.2 Å². The molecule has 27 heavy (non-hydrogen) atoms. The number of likely N-dealkylation sites (tertiary alicyclic amines) is 1. The molecule has 0 saturated carbocycles. The van der Waals surface area contributed by atoms with Gasteiger partial charge in [-0.25, -0.2) is 4.68 Å². The maximum atomic E-state index is 12.7. The van der Waals surface area contributed by atoms with E-state index in [4.69, 9.17) is 0 Å². The number of nitrogens with zero attached hydrogens (tertiary/aromatic N) is 7. The van der Waals surface area contributed by atoms with Crippen LogP contribution in [-0.2, 0) is 6.18 Å². The minimum absolute atomic E-state index is 0.0416. The minimum atomic E-state index is -4.68. The van der Waals surface area contributed by atoms with E-state index >= 15 is 0 Å². The number of hydrogen-bond acceptors (Lipinski definition) is 7. The number of carbonyl (C=O) groups excluding carboxylic acids is 1. The van der Waals surface area contributed by atoms with Crippen LogP contribution < -0.4 is 0 Å². The smallest absolute Gasteiger partial charge is 0.338 e. The predicted molar refractivity (Wildman–Crippen MR) is 81.7 cm³/mol. The van der Waals surface area contributed by atoms with E-state index in [0.717, 1.165) is 0 Å². The first kappa shape index (κ1) is 17.1. The van der Waals surface area contributed by atoms with Gasteiger partial charge in [-0.3, -0.25) is 4.79 Å². The zero-order chi connectivity index (χ0) is 19.0. The fourth-order valence-electron chi connectivity index (χ4n) is 2.91. The molecule has 1 aromatic carbocycles. The van der Waals surface area contributed by atoms with Crippen LogP contribution in [0.25, 0.3) is 5.69 Å². The molecule has 0 unspecified atom stereocenters. The van der Waals surface area contributed by atoms with Gasteiger partial charge in [-0.15, -0.1) is 5.10 Å². The van der Waals surface area contributed by atoms with E-state index in [1.807, 2.05) is 0 Å². The predicted octanol–water partition coefficient (Wildman–Crippen LogP) is 1.69. The molecule has 1 amide bonds. The van der Waals surface area contributed by atoms with Gasteiger partial charge in [0.25, 0.3) is 5.91 Å². The zero-order valence-electron chi connectivity index (χ0n) is 13.7. The summed E-state index contributed by atoms with van der Waals surface area (Å²) in [4.78, 5) is 17.7. The summed E-state index contributed by atoms with van der Waals surface area (Å²) >= 11 is 0. The van der Waals surface area contributed by atoms with Crippen molar-refractivity contribution in [3.05, 3.63) is 47.9 Å². The van der Waals surface area contributed by atoms with Crippen molar-refractivity contribution < 1.29 is 22.5 Å². The van der Waals surface area contributed by atoms with Crippen molar-refractivity contribution in [2.45, 2.75) is 18.5 Å². The molecule has 0 aliphatic carbocycles. The first-order valence-electron chi connectivity index (χ1n) is 7.95. The normalized spacial score (nSPS) is 17.4. The fourth-order valence-corrected chi connectivity index (χ4v) is 2.91. The van der Waals surface area contributed by atoms with Crippen LogP contribution in [0.4, 0.5) is 13.2 Å². The van der Waals surface area contributed by atoms with Crippen LogP contribution in [0, 0.1) is 0 Å². The van der Waals surface area contributed by atoms with Crippen LogP contribution in [0.15, 0.2) is 35.1 Å². The fraction of sp³-hybridized carbons (Fsp3) is 0.333. The Labute approximate surface area is 149 Å². The summed E-state index contributed by atoms with van der Waals surface area (Å²) in [6.45, 7) is 0.597. The van der Waals surface area contributed by atoms with Gasteiger partial charge in [0.1, 0.15) is 6.33 Å². The third-order valence-electron chi connectivity index (χ3n) is 4.23. The second-order valence-corrected chi connectivity index (χ2v) is 6.00. The van der Waals surface area contributed by atoms with E-state index in [-0.39, 0.29) is 18.3 Å². The van der Waals surface area contributed by atoms with Crippen molar-refractivity contribution in [3.8, 4) is 5.69 Å². The van der Waals surface area contributed by atoms with Gasteiger partial charge in [-0.1, -0.05) is 11.2 Å². The first-order chi connectivity index (χ1) is 12.9. The number of hydrogen-bond donors (Lipinski definition) is 0. The quantitative estimate of drug-likeness (QED) is 0.682. The van der Waals surface area contributed by atoms with Crippen LogP contribution in [0.2, 0.25) is 0 Å². The highest BCUT2D eigenvalue weighted by Gasteiger charge is 2.40. The highest BCUT2D eigenvalue weighted by molar-refractivity contribution is 5.95.